The van der Waals surface area contributed by atoms with E-state index in [0.29, 0.717) is 6.04 Å². The van der Waals surface area contributed by atoms with Gasteiger partial charge in [0.25, 0.3) is 0 Å². The Balaban J connectivity index is 2.54. The summed E-state index contributed by atoms with van der Waals surface area (Å²) in [6.45, 7) is 9.03. The number of rotatable bonds is 3. The molecule has 0 aromatic heterocycles. The van der Waals surface area contributed by atoms with Gasteiger partial charge in [0.2, 0.25) is 0 Å². The van der Waals surface area contributed by atoms with Crippen LogP contribution in [0.15, 0.2) is 12.7 Å². The summed E-state index contributed by atoms with van der Waals surface area (Å²) in [5.74, 6) is 0. The lowest BCUT2D eigenvalue weighted by molar-refractivity contribution is 0.0299. The lowest BCUT2D eigenvalue weighted by Gasteiger charge is -2.42. The van der Waals surface area contributed by atoms with Crippen LogP contribution in [-0.2, 0) is 0 Å². The van der Waals surface area contributed by atoms with Gasteiger partial charge in [-0.3, -0.25) is 4.90 Å². The maximum absolute atomic E-state index is 9.19. The summed E-state index contributed by atoms with van der Waals surface area (Å²) < 4.78 is 0. The normalized spacial score (nSPS) is 31.9. The lowest BCUT2D eigenvalue weighted by atomic mass is 10.1. The van der Waals surface area contributed by atoms with Crippen molar-refractivity contribution in [1.82, 2.24) is 9.80 Å². The Hall–Kier alpha value is -0.380. The van der Waals surface area contributed by atoms with Crippen LogP contribution in [0.4, 0.5) is 0 Å². The Morgan fingerprint density at radius 3 is 2.77 bits per heavy atom. The van der Waals surface area contributed by atoms with E-state index in [1.54, 1.807) is 0 Å². The zero-order valence-corrected chi connectivity index (χ0v) is 8.61. The van der Waals surface area contributed by atoms with Crippen LogP contribution in [-0.4, -0.2) is 60.3 Å². The second kappa shape index (κ2) is 4.74. The average Bonchev–Trinajstić information content (AvgIpc) is 2.11. The van der Waals surface area contributed by atoms with E-state index in [-0.39, 0.29) is 12.6 Å². The molecule has 0 aromatic carbocycles. The fourth-order valence-electron chi connectivity index (χ4n) is 1.82. The molecule has 0 spiro atoms. The summed E-state index contributed by atoms with van der Waals surface area (Å²) in [6.07, 6.45) is 1.90. The lowest BCUT2D eigenvalue weighted by Crippen LogP contribution is -2.57. The molecule has 0 aromatic rings. The molecule has 0 radical (unpaired) electrons. The molecule has 1 rings (SSSR count). The number of nitrogens with zero attached hydrogens (tertiary/aromatic N) is 2. The highest BCUT2D eigenvalue weighted by Gasteiger charge is 2.27. The van der Waals surface area contributed by atoms with Crippen molar-refractivity contribution in [2.24, 2.45) is 0 Å². The van der Waals surface area contributed by atoms with Crippen molar-refractivity contribution in [3.63, 3.8) is 0 Å². The van der Waals surface area contributed by atoms with Gasteiger partial charge >= 0.3 is 0 Å². The largest absolute Gasteiger partial charge is 0.395 e. The van der Waals surface area contributed by atoms with Gasteiger partial charge in [-0.25, -0.2) is 0 Å². The monoisotopic (exact) mass is 184 g/mol. The number of hydrogen-bond acceptors (Lipinski definition) is 3. The van der Waals surface area contributed by atoms with E-state index in [2.05, 4.69) is 30.4 Å². The Labute approximate surface area is 80.6 Å². The third-order valence-corrected chi connectivity index (χ3v) is 2.84. The molecule has 76 valence electrons. The van der Waals surface area contributed by atoms with Crippen LogP contribution in [0.2, 0.25) is 0 Å². The number of hydrogen-bond donors (Lipinski definition) is 1. The van der Waals surface area contributed by atoms with Crippen LogP contribution >= 0.6 is 0 Å². The minimum Gasteiger partial charge on any atom is -0.395 e. The van der Waals surface area contributed by atoms with Crippen molar-refractivity contribution >= 4 is 0 Å². The SMILES string of the molecule is C=CCN1CC(C)N(C)CC1CO. The molecule has 2 unspecified atom stereocenters. The maximum atomic E-state index is 9.19. The molecule has 3 nitrogen and oxygen atoms in total. The number of aliphatic hydroxyl groups excluding tert-OH is 1. The van der Waals surface area contributed by atoms with Crippen LogP contribution in [0.1, 0.15) is 6.92 Å². The quantitative estimate of drug-likeness (QED) is 0.633. The van der Waals surface area contributed by atoms with Crippen molar-refractivity contribution in [3.05, 3.63) is 12.7 Å². The molecular weight excluding hydrogens is 164 g/mol. The zero-order chi connectivity index (χ0) is 9.84. The first kappa shape index (κ1) is 10.7. The average molecular weight is 184 g/mol. The fraction of sp³-hybridized carbons (Fsp3) is 0.800. The molecule has 1 saturated heterocycles. The molecule has 2 atom stereocenters. The van der Waals surface area contributed by atoms with Crippen LogP contribution in [0.5, 0.6) is 0 Å². The Morgan fingerprint density at radius 1 is 1.54 bits per heavy atom. The van der Waals surface area contributed by atoms with Gasteiger partial charge in [0.15, 0.2) is 0 Å². The molecule has 1 aliphatic rings. The van der Waals surface area contributed by atoms with Crippen LogP contribution in [0.3, 0.4) is 0 Å². The molecule has 0 amide bonds. The number of aliphatic hydroxyl groups is 1. The molecular formula is C10H20N2O. The van der Waals surface area contributed by atoms with Crippen LogP contribution < -0.4 is 0 Å². The standard InChI is InChI=1S/C10H20N2O/c1-4-5-12-6-9(2)11(3)7-10(12)8-13/h4,9-10,13H,1,5-8H2,2-3H3. The van der Waals surface area contributed by atoms with E-state index < -0.39 is 0 Å². The first-order valence-corrected chi connectivity index (χ1v) is 4.85. The predicted octanol–water partition coefficient (Wildman–Crippen LogP) is 0.169. The predicted molar refractivity (Wildman–Crippen MR) is 54.7 cm³/mol. The van der Waals surface area contributed by atoms with Crippen molar-refractivity contribution in [2.75, 3.05) is 33.3 Å². The van der Waals surface area contributed by atoms with E-state index >= 15 is 0 Å². The highest BCUT2D eigenvalue weighted by atomic mass is 16.3. The van der Waals surface area contributed by atoms with Gasteiger partial charge in [0.05, 0.1) is 6.61 Å². The smallest absolute Gasteiger partial charge is 0.0599 e. The summed E-state index contributed by atoms with van der Waals surface area (Å²) in [4.78, 5) is 4.58. The summed E-state index contributed by atoms with van der Waals surface area (Å²) in [6, 6.07) is 0.849. The third-order valence-electron chi connectivity index (χ3n) is 2.84. The highest BCUT2D eigenvalue weighted by Crippen LogP contribution is 2.12. The molecule has 0 saturated carbocycles. The molecule has 3 heteroatoms. The Bertz CT molecular complexity index is 172. The molecule has 1 aliphatic heterocycles. The maximum Gasteiger partial charge on any atom is 0.0599 e. The Kier molecular flexibility index (Phi) is 3.90. The second-order valence-corrected chi connectivity index (χ2v) is 3.87. The van der Waals surface area contributed by atoms with E-state index in [1.807, 2.05) is 6.08 Å². The van der Waals surface area contributed by atoms with Gasteiger partial charge in [-0.05, 0) is 14.0 Å². The molecule has 0 bridgehead atoms. The molecule has 1 heterocycles. The number of piperazine rings is 1. The third kappa shape index (κ3) is 2.53. The highest BCUT2D eigenvalue weighted by molar-refractivity contribution is 4.88. The second-order valence-electron chi connectivity index (χ2n) is 3.87. The van der Waals surface area contributed by atoms with Gasteiger partial charge in [0, 0.05) is 31.7 Å². The summed E-state index contributed by atoms with van der Waals surface area (Å²) in [5.41, 5.74) is 0. The van der Waals surface area contributed by atoms with Gasteiger partial charge in [-0.1, -0.05) is 6.08 Å². The topological polar surface area (TPSA) is 26.7 Å². The minimum absolute atomic E-state index is 0.241. The van der Waals surface area contributed by atoms with Crippen molar-refractivity contribution < 1.29 is 5.11 Å². The zero-order valence-electron chi connectivity index (χ0n) is 8.61. The molecule has 13 heavy (non-hydrogen) atoms. The van der Waals surface area contributed by atoms with Gasteiger partial charge in [0.1, 0.15) is 0 Å². The van der Waals surface area contributed by atoms with E-state index in [4.69, 9.17) is 0 Å². The first-order valence-electron chi connectivity index (χ1n) is 4.85. The van der Waals surface area contributed by atoms with Gasteiger partial charge < -0.3 is 10.0 Å². The van der Waals surface area contributed by atoms with E-state index in [9.17, 15) is 5.11 Å². The molecule has 1 fully saturated rings. The minimum atomic E-state index is 0.241. The molecule has 0 aliphatic carbocycles. The van der Waals surface area contributed by atoms with E-state index in [1.165, 1.54) is 0 Å². The molecule has 1 N–H and O–H groups in total. The Morgan fingerprint density at radius 2 is 2.23 bits per heavy atom. The first-order chi connectivity index (χ1) is 6.19. The van der Waals surface area contributed by atoms with Crippen molar-refractivity contribution in [3.8, 4) is 0 Å². The number of likely N-dealkylation sites (N-methyl/N-ethyl adjacent to an activating group) is 1. The van der Waals surface area contributed by atoms with Crippen LogP contribution in [0.25, 0.3) is 0 Å². The summed E-state index contributed by atoms with van der Waals surface area (Å²) in [5, 5.41) is 9.19. The van der Waals surface area contributed by atoms with Crippen molar-refractivity contribution in [1.29, 1.82) is 0 Å². The van der Waals surface area contributed by atoms with Crippen LogP contribution in [0, 0.1) is 0 Å². The van der Waals surface area contributed by atoms with Crippen molar-refractivity contribution in [2.45, 2.75) is 19.0 Å². The van der Waals surface area contributed by atoms with Gasteiger partial charge in [-0.15, -0.1) is 6.58 Å². The van der Waals surface area contributed by atoms with E-state index in [0.717, 1.165) is 19.6 Å². The summed E-state index contributed by atoms with van der Waals surface area (Å²) in [7, 11) is 2.11. The van der Waals surface area contributed by atoms with Gasteiger partial charge in [-0.2, -0.15) is 0 Å². The fourth-order valence-corrected chi connectivity index (χ4v) is 1.82. The summed E-state index contributed by atoms with van der Waals surface area (Å²) >= 11 is 0.